The maximum Gasteiger partial charge on any atom is 0.312 e. The second kappa shape index (κ2) is 11.4. The van der Waals surface area contributed by atoms with E-state index in [1.54, 1.807) is 6.08 Å². The fraction of sp³-hybridized carbons (Fsp3) is 0.868. The van der Waals surface area contributed by atoms with Crippen LogP contribution >= 0.6 is 0 Å². The normalized spacial score (nSPS) is 51.8. The van der Waals surface area contributed by atoms with Crippen LogP contribution in [0.25, 0.3) is 0 Å². The lowest BCUT2D eigenvalue weighted by atomic mass is 9.32. The van der Waals surface area contributed by atoms with Crippen molar-refractivity contribution in [1.82, 2.24) is 0 Å². The van der Waals surface area contributed by atoms with Gasteiger partial charge in [0, 0.05) is 0 Å². The quantitative estimate of drug-likeness (QED) is 0.228. The molecule has 0 spiro atoms. The number of esters is 1. The van der Waals surface area contributed by atoms with Gasteiger partial charge in [0.25, 0.3) is 0 Å². The highest BCUT2D eigenvalue weighted by atomic mass is 16.7. The van der Waals surface area contributed by atoms with E-state index in [2.05, 4.69) is 54.7 Å². The lowest BCUT2D eigenvalue weighted by Crippen LogP contribution is -2.67. The summed E-state index contributed by atoms with van der Waals surface area (Å²) in [6.45, 7) is 22.7. The smallest absolute Gasteiger partial charge is 0.312 e. The van der Waals surface area contributed by atoms with E-state index in [1.807, 2.05) is 0 Å². The Balaban J connectivity index is 1.28. The average molecular weight is 629 g/mol. The molecule has 3 N–H and O–H groups in total. The molecule has 0 aromatic heterocycles. The first-order valence-corrected chi connectivity index (χ1v) is 17.8. The number of carbonyl (C=O) groups excluding carboxylic acids is 1. The SMILES string of the molecule is C=CCOC(=O)[C@]12CC[C@@H](C(=C)C)[C@@H]1[C@H]1CC[C@@H]3[C@@]4(C)CC[C@H](O[C@@H]5O[C@@H](CO)[C@H](O)[C@H]5O)C(C)(C)[C@@H]4CC[C@@]3(C)[C@]1(C)CC2. The number of aliphatic hydroxyl groups excluding tert-OH is 3. The van der Waals surface area contributed by atoms with Crippen LogP contribution in [0.4, 0.5) is 0 Å². The summed E-state index contributed by atoms with van der Waals surface area (Å²) in [6.07, 6.45) is 7.94. The van der Waals surface area contributed by atoms with E-state index < -0.39 is 30.0 Å². The van der Waals surface area contributed by atoms with Crippen molar-refractivity contribution in [3.05, 3.63) is 24.8 Å². The molecule has 0 amide bonds. The third-order valence-electron chi connectivity index (χ3n) is 15.5. The molecule has 0 aromatic rings. The van der Waals surface area contributed by atoms with Crippen molar-refractivity contribution in [2.75, 3.05) is 13.2 Å². The molecule has 6 fully saturated rings. The minimum Gasteiger partial charge on any atom is -0.461 e. The van der Waals surface area contributed by atoms with Gasteiger partial charge in [0.2, 0.25) is 0 Å². The predicted octanol–water partition coefficient (Wildman–Crippen LogP) is 6.20. The minimum absolute atomic E-state index is 0.00425. The lowest BCUT2D eigenvalue weighted by Gasteiger charge is -2.73. The third-order valence-corrected chi connectivity index (χ3v) is 15.5. The van der Waals surface area contributed by atoms with Crippen LogP contribution in [0.15, 0.2) is 24.8 Å². The number of aliphatic hydroxyl groups is 3. The van der Waals surface area contributed by atoms with E-state index in [-0.39, 0.29) is 52.9 Å². The largest absolute Gasteiger partial charge is 0.461 e. The van der Waals surface area contributed by atoms with Gasteiger partial charge in [-0.05, 0) is 122 Å². The molecule has 7 nitrogen and oxygen atoms in total. The van der Waals surface area contributed by atoms with Crippen LogP contribution in [-0.4, -0.2) is 65.2 Å². The van der Waals surface area contributed by atoms with Gasteiger partial charge in [-0.1, -0.05) is 59.4 Å². The molecule has 0 bridgehead atoms. The van der Waals surface area contributed by atoms with Crippen LogP contribution in [0.3, 0.4) is 0 Å². The van der Waals surface area contributed by atoms with Crippen molar-refractivity contribution in [2.24, 2.45) is 56.7 Å². The molecule has 6 aliphatic rings. The van der Waals surface area contributed by atoms with E-state index in [4.69, 9.17) is 14.2 Å². The first-order chi connectivity index (χ1) is 21.1. The molecule has 0 aromatic carbocycles. The molecule has 5 saturated carbocycles. The number of ether oxygens (including phenoxy) is 3. The molecule has 1 aliphatic heterocycles. The summed E-state index contributed by atoms with van der Waals surface area (Å²) >= 11 is 0. The van der Waals surface area contributed by atoms with Crippen molar-refractivity contribution in [2.45, 2.75) is 136 Å². The molecule has 6 rings (SSSR count). The van der Waals surface area contributed by atoms with Gasteiger partial charge in [-0.2, -0.15) is 0 Å². The lowest BCUT2D eigenvalue weighted by molar-refractivity contribution is -0.275. The summed E-state index contributed by atoms with van der Waals surface area (Å²) in [4.78, 5) is 13.8. The molecule has 0 radical (unpaired) electrons. The summed E-state index contributed by atoms with van der Waals surface area (Å²) in [5, 5.41) is 30.6. The topological polar surface area (TPSA) is 105 Å². The van der Waals surface area contributed by atoms with Crippen LogP contribution in [0.2, 0.25) is 0 Å². The second-order valence-electron chi connectivity index (χ2n) is 17.4. The first kappa shape index (κ1) is 33.6. The number of rotatable bonds is 7. The van der Waals surface area contributed by atoms with Crippen LogP contribution in [-0.2, 0) is 19.0 Å². The van der Waals surface area contributed by atoms with Gasteiger partial charge in [0.05, 0.1) is 18.1 Å². The zero-order chi connectivity index (χ0) is 32.7. The van der Waals surface area contributed by atoms with Gasteiger partial charge in [-0.3, -0.25) is 4.79 Å². The maximum atomic E-state index is 13.8. The van der Waals surface area contributed by atoms with E-state index in [1.165, 1.54) is 12.0 Å². The Hall–Kier alpha value is -1.25. The first-order valence-electron chi connectivity index (χ1n) is 17.8. The summed E-state index contributed by atoms with van der Waals surface area (Å²) in [7, 11) is 0. The van der Waals surface area contributed by atoms with Gasteiger partial charge in [-0.15, -0.1) is 0 Å². The van der Waals surface area contributed by atoms with Gasteiger partial charge < -0.3 is 29.5 Å². The van der Waals surface area contributed by atoms with Crippen LogP contribution < -0.4 is 0 Å². The highest BCUT2D eigenvalue weighted by Crippen LogP contribution is 2.77. The molecule has 5 aliphatic carbocycles. The summed E-state index contributed by atoms with van der Waals surface area (Å²) in [5.41, 5.74) is 1.10. The summed E-state index contributed by atoms with van der Waals surface area (Å²) < 4.78 is 18.1. The Morgan fingerprint density at radius 3 is 2.29 bits per heavy atom. The van der Waals surface area contributed by atoms with Crippen molar-refractivity contribution in [3.63, 3.8) is 0 Å². The highest BCUT2D eigenvalue weighted by molar-refractivity contribution is 5.78. The van der Waals surface area contributed by atoms with Gasteiger partial charge in [-0.25, -0.2) is 0 Å². The van der Waals surface area contributed by atoms with Crippen molar-refractivity contribution < 1.29 is 34.3 Å². The van der Waals surface area contributed by atoms with Gasteiger partial charge >= 0.3 is 5.97 Å². The van der Waals surface area contributed by atoms with Crippen LogP contribution in [0.1, 0.15) is 106 Å². The molecule has 14 atom stereocenters. The van der Waals surface area contributed by atoms with E-state index in [0.29, 0.717) is 23.7 Å². The minimum atomic E-state index is -1.16. The van der Waals surface area contributed by atoms with Crippen LogP contribution in [0, 0.1) is 56.7 Å². The molecule has 0 unspecified atom stereocenters. The number of hydrogen-bond donors (Lipinski definition) is 3. The molecule has 7 heteroatoms. The van der Waals surface area contributed by atoms with E-state index in [9.17, 15) is 20.1 Å². The van der Waals surface area contributed by atoms with Gasteiger partial charge in [0.15, 0.2) is 6.29 Å². The van der Waals surface area contributed by atoms with Gasteiger partial charge in [0.1, 0.15) is 24.9 Å². The third kappa shape index (κ3) is 4.64. The number of carbonyl (C=O) groups is 1. The van der Waals surface area contributed by atoms with E-state index >= 15 is 0 Å². The van der Waals surface area contributed by atoms with Crippen molar-refractivity contribution in [3.8, 4) is 0 Å². The molecule has 1 heterocycles. The summed E-state index contributed by atoms with van der Waals surface area (Å²) in [5.74, 6) is 2.13. The Labute approximate surface area is 271 Å². The Morgan fingerprint density at radius 2 is 1.64 bits per heavy atom. The Morgan fingerprint density at radius 1 is 0.911 bits per heavy atom. The molecular weight excluding hydrogens is 568 g/mol. The average Bonchev–Trinajstić information content (AvgIpc) is 3.52. The molecule has 254 valence electrons. The monoisotopic (exact) mass is 628 g/mol. The zero-order valence-electron chi connectivity index (χ0n) is 28.7. The molecule has 45 heavy (non-hydrogen) atoms. The summed E-state index contributed by atoms with van der Waals surface area (Å²) in [6, 6.07) is 0. The number of hydrogen-bond acceptors (Lipinski definition) is 7. The van der Waals surface area contributed by atoms with Crippen molar-refractivity contribution in [1.29, 1.82) is 0 Å². The van der Waals surface area contributed by atoms with Crippen molar-refractivity contribution >= 4 is 5.97 Å². The van der Waals surface area contributed by atoms with E-state index in [0.717, 1.165) is 57.8 Å². The molecule has 1 saturated heterocycles. The fourth-order valence-electron chi connectivity index (χ4n) is 13.1. The van der Waals surface area contributed by atoms with Crippen LogP contribution in [0.5, 0.6) is 0 Å². The highest BCUT2D eigenvalue weighted by Gasteiger charge is 2.72. The maximum absolute atomic E-state index is 13.8. The zero-order valence-corrected chi connectivity index (χ0v) is 28.7. The standard InChI is InChI=1S/C38H60O7/c1-9-20-43-33(42)38-17-12-23(22(2)3)29(38)24-10-11-27-35(6)15-14-28(45-32-31(41)30(40)25(21-39)44-32)34(4,5)26(35)13-16-37(27,8)36(24,7)18-19-38/h9,23-32,39-41H,1-2,10-21H2,3-8H3/t23-,24+,25-,26-,27+,28-,29+,30-,31+,32-,35-,36+,37+,38-/m0/s1. The number of fused-ring (bicyclic) bond motifs is 7. The second-order valence-corrected chi connectivity index (χ2v) is 17.4. The Bertz CT molecular complexity index is 1180. The Kier molecular flexibility index (Phi) is 8.54. The predicted molar refractivity (Wildman–Crippen MR) is 173 cm³/mol. The fourth-order valence-corrected chi connectivity index (χ4v) is 13.1. The molecular formula is C38H60O7. The number of allylic oxidation sites excluding steroid dienone is 1.